The van der Waals surface area contributed by atoms with Crippen LogP contribution in [0.2, 0.25) is 0 Å². The van der Waals surface area contributed by atoms with Gasteiger partial charge in [-0.3, -0.25) is 4.79 Å². The molecule has 0 radical (unpaired) electrons. The van der Waals surface area contributed by atoms with E-state index in [9.17, 15) is 13.2 Å². The number of morpholine rings is 1. The van der Waals surface area contributed by atoms with E-state index in [1.807, 2.05) is 6.92 Å². The minimum Gasteiger partial charge on any atom is -0.375 e. The molecule has 2 rings (SSSR count). The Balaban J connectivity index is 2.15. The number of sulfonamides is 1. The number of hydrogen-bond acceptors (Lipinski definition) is 5. The molecule has 0 unspecified atom stereocenters. The van der Waals surface area contributed by atoms with E-state index >= 15 is 0 Å². The first-order valence-electron chi connectivity index (χ1n) is 7.01. The fourth-order valence-corrected chi connectivity index (χ4v) is 3.14. The van der Waals surface area contributed by atoms with E-state index in [1.54, 1.807) is 12.1 Å². The van der Waals surface area contributed by atoms with Crippen molar-refractivity contribution in [1.29, 1.82) is 0 Å². The molecule has 1 heterocycles. The Labute approximate surface area is 130 Å². The smallest absolute Gasteiger partial charge is 0.244 e. The van der Waals surface area contributed by atoms with Crippen molar-refractivity contribution in [1.82, 2.24) is 9.62 Å². The standard InChI is InChI=1S/C14H21N3O4S/c1-10-13(15-7-8-21-10)14(18)16-11-5-4-6-12(9-11)22(19,20)17(2)3/h4-6,9-10,13,15H,7-8H2,1-3H3,(H,16,18)/t10-,13+/m1/s1. The van der Waals surface area contributed by atoms with Gasteiger partial charge in [0.05, 0.1) is 17.6 Å². The molecule has 1 amide bonds. The molecule has 7 nitrogen and oxygen atoms in total. The number of hydrogen-bond donors (Lipinski definition) is 2. The first kappa shape index (κ1) is 16.9. The molecule has 1 aromatic rings. The fraction of sp³-hybridized carbons (Fsp3) is 0.500. The number of nitrogens with one attached hydrogen (secondary N) is 2. The van der Waals surface area contributed by atoms with Crippen molar-refractivity contribution in [3.63, 3.8) is 0 Å². The monoisotopic (exact) mass is 327 g/mol. The first-order chi connectivity index (χ1) is 10.3. The van der Waals surface area contributed by atoms with Crippen molar-refractivity contribution < 1.29 is 17.9 Å². The predicted molar refractivity (Wildman–Crippen MR) is 83.1 cm³/mol. The van der Waals surface area contributed by atoms with Crippen LogP contribution in [0.3, 0.4) is 0 Å². The van der Waals surface area contributed by atoms with Gasteiger partial charge in [0.1, 0.15) is 6.04 Å². The van der Waals surface area contributed by atoms with Gasteiger partial charge >= 0.3 is 0 Å². The highest BCUT2D eigenvalue weighted by Gasteiger charge is 2.28. The normalized spacial score (nSPS) is 22.5. The minimum absolute atomic E-state index is 0.135. The number of amides is 1. The summed E-state index contributed by atoms with van der Waals surface area (Å²) < 4.78 is 30.8. The van der Waals surface area contributed by atoms with E-state index in [1.165, 1.54) is 26.2 Å². The van der Waals surface area contributed by atoms with Crippen molar-refractivity contribution >= 4 is 21.6 Å². The number of benzene rings is 1. The molecule has 8 heteroatoms. The molecule has 1 aliphatic heterocycles. The largest absolute Gasteiger partial charge is 0.375 e. The summed E-state index contributed by atoms with van der Waals surface area (Å²) in [5.74, 6) is -0.244. The van der Waals surface area contributed by atoms with E-state index in [4.69, 9.17) is 4.74 Å². The van der Waals surface area contributed by atoms with Gasteiger partial charge in [0, 0.05) is 26.3 Å². The second kappa shape index (κ2) is 6.74. The lowest BCUT2D eigenvalue weighted by molar-refractivity contribution is -0.123. The second-order valence-corrected chi connectivity index (χ2v) is 7.46. The lowest BCUT2D eigenvalue weighted by Gasteiger charge is -2.29. The SMILES string of the molecule is C[C@H]1OCCN[C@@H]1C(=O)Nc1cccc(S(=O)(=O)N(C)C)c1. The Morgan fingerprint density at radius 1 is 1.41 bits per heavy atom. The number of ether oxygens (including phenoxy) is 1. The molecular formula is C14H21N3O4S. The fourth-order valence-electron chi connectivity index (χ4n) is 2.19. The van der Waals surface area contributed by atoms with Crippen LogP contribution in [0.4, 0.5) is 5.69 Å². The molecule has 22 heavy (non-hydrogen) atoms. The molecule has 2 atom stereocenters. The van der Waals surface area contributed by atoms with Crippen molar-refractivity contribution in [2.75, 3.05) is 32.6 Å². The minimum atomic E-state index is -3.53. The zero-order chi connectivity index (χ0) is 16.3. The Morgan fingerprint density at radius 3 is 2.77 bits per heavy atom. The molecule has 1 fully saturated rings. The van der Waals surface area contributed by atoms with Crippen LogP contribution in [0.15, 0.2) is 29.2 Å². The number of carbonyl (C=O) groups excluding carboxylic acids is 1. The summed E-state index contributed by atoms with van der Waals surface area (Å²) in [4.78, 5) is 12.4. The van der Waals surface area contributed by atoms with Crippen molar-refractivity contribution in [3.05, 3.63) is 24.3 Å². The zero-order valence-electron chi connectivity index (χ0n) is 12.9. The van der Waals surface area contributed by atoms with Gasteiger partial charge in [0.2, 0.25) is 15.9 Å². The first-order valence-corrected chi connectivity index (χ1v) is 8.45. The molecule has 0 bridgehead atoms. The lowest BCUT2D eigenvalue weighted by Crippen LogP contribution is -2.53. The summed E-state index contributed by atoms with van der Waals surface area (Å²) in [5, 5.41) is 5.82. The van der Waals surface area contributed by atoms with E-state index in [0.29, 0.717) is 18.8 Å². The lowest BCUT2D eigenvalue weighted by atomic mass is 10.1. The Kier molecular flexibility index (Phi) is 5.17. The van der Waals surface area contributed by atoms with Crippen LogP contribution in [0.1, 0.15) is 6.92 Å². The summed E-state index contributed by atoms with van der Waals surface area (Å²) >= 11 is 0. The van der Waals surface area contributed by atoms with Crippen molar-refractivity contribution in [3.8, 4) is 0 Å². The van der Waals surface area contributed by atoms with Crippen molar-refractivity contribution in [2.24, 2.45) is 0 Å². The summed E-state index contributed by atoms with van der Waals surface area (Å²) in [6.45, 7) is 3.00. The summed E-state index contributed by atoms with van der Waals surface area (Å²) in [7, 11) is -0.601. The van der Waals surface area contributed by atoms with E-state index in [-0.39, 0.29) is 16.9 Å². The number of carbonyl (C=O) groups is 1. The Morgan fingerprint density at radius 2 is 2.14 bits per heavy atom. The van der Waals surface area contributed by atoms with Gasteiger partial charge in [-0.2, -0.15) is 0 Å². The van der Waals surface area contributed by atoms with E-state index < -0.39 is 16.1 Å². The summed E-state index contributed by atoms with van der Waals surface area (Å²) in [6, 6.07) is 5.74. The summed E-state index contributed by atoms with van der Waals surface area (Å²) in [6.07, 6.45) is -0.234. The average Bonchev–Trinajstić information content (AvgIpc) is 2.47. The molecule has 122 valence electrons. The highest BCUT2D eigenvalue weighted by atomic mass is 32.2. The van der Waals surface area contributed by atoms with E-state index in [2.05, 4.69) is 10.6 Å². The van der Waals surface area contributed by atoms with Gasteiger partial charge < -0.3 is 15.4 Å². The maximum Gasteiger partial charge on any atom is 0.244 e. The zero-order valence-corrected chi connectivity index (χ0v) is 13.7. The third-order valence-electron chi connectivity index (χ3n) is 3.48. The van der Waals surface area contributed by atoms with Gasteiger partial charge in [-0.05, 0) is 25.1 Å². The topological polar surface area (TPSA) is 87.7 Å². The van der Waals surface area contributed by atoms with Gasteiger partial charge in [0.15, 0.2) is 0 Å². The summed E-state index contributed by atoms with van der Waals surface area (Å²) in [5.41, 5.74) is 0.437. The number of anilines is 1. The highest BCUT2D eigenvalue weighted by molar-refractivity contribution is 7.89. The van der Waals surface area contributed by atoms with E-state index in [0.717, 1.165) is 4.31 Å². The van der Waals surface area contributed by atoms with Crippen LogP contribution in [0.25, 0.3) is 0 Å². The predicted octanol–water partition coefficient (Wildman–Crippen LogP) is 0.252. The molecule has 2 N–H and O–H groups in total. The highest BCUT2D eigenvalue weighted by Crippen LogP contribution is 2.18. The third-order valence-corrected chi connectivity index (χ3v) is 5.29. The van der Waals surface area contributed by atoms with Crippen LogP contribution in [-0.2, 0) is 19.6 Å². The molecule has 0 saturated carbocycles. The van der Waals surface area contributed by atoms with Crippen LogP contribution in [0.5, 0.6) is 0 Å². The molecule has 1 saturated heterocycles. The molecule has 0 aliphatic carbocycles. The van der Waals surface area contributed by atoms with Gasteiger partial charge in [-0.15, -0.1) is 0 Å². The number of nitrogens with zero attached hydrogens (tertiary/aromatic N) is 1. The number of rotatable bonds is 4. The van der Waals surface area contributed by atoms with Crippen LogP contribution < -0.4 is 10.6 Å². The van der Waals surface area contributed by atoms with Crippen LogP contribution in [0, 0.1) is 0 Å². The van der Waals surface area contributed by atoms with Gasteiger partial charge in [0.25, 0.3) is 0 Å². The van der Waals surface area contributed by atoms with Gasteiger partial charge in [-0.1, -0.05) is 6.07 Å². The van der Waals surface area contributed by atoms with Crippen LogP contribution in [-0.4, -0.2) is 58.0 Å². The maximum atomic E-state index is 12.3. The maximum absolute atomic E-state index is 12.3. The Bertz CT molecular complexity index is 645. The molecule has 1 aromatic carbocycles. The molecule has 1 aliphatic rings. The quantitative estimate of drug-likeness (QED) is 0.828. The Hall–Kier alpha value is -1.48. The second-order valence-electron chi connectivity index (χ2n) is 5.31. The third kappa shape index (κ3) is 3.64. The average molecular weight is 327 g/mol. The molecule has 0 spiro atoms. The van der Waals surface area contributed by atoms with Crippen LogP contribution >= 0.6 is 0 Å². The molecule has 0 aromatic heterocycles. The van der Waals surface area contributed by atoms with Crippen molar-refractivity contribution in [2.45, 2.75) is 24.0 Å². The van der Waals surface area contributed by atoms with Gasteiger partial charge in [-0.25, -0.2) is 12.7 Å². The molecular weight excluding hydrogens is 306 g/mol.